The number of rotatable bonds is 0. The van der Waals surface area contributed by atoms with Gasteiger partial charge in [-0.25, -0.2) is 0 Å². The van der Waals surface area contributed by atoms with E-state index >= 15 is 0 Å². The number of hydrogen-bond acceptors (Lipinski definition) is 0. The molecule has 11 heteroatoms. The zero-order chi connectivity index (χ0) is 0. The van der Waals surface area contributed by atoms with Crippen molar-refractivity contribution >= 4 is 228 Å². The maximum absolute atomic E-state index is 0. The summed E-state index contributed by atoms with van der Waals surface area (Å²) in [6.45, 7) is 0. The summed E-state index contributed by atoms with van der Waals surface area (Å²) in [4.78, 5) is 0. The molecule has 0 nitrogen and oxygen atoms in total. The first-order chi connectivity index (χ1) is 0. The van der Waals surface area contributed by atoms with Crippen LogP contribution in [0.2, 0.25) is 0 Å². The maximum Gasteiger partial charge on any atom is 0.187 e. The van der Waals surface area contributed by atoms with Gasteiger partial charge < -0.3 is 0 Å². The fourth-order valence-corrected chi connectivity index (χ4v) is 0. The molecule has 0 aliphatic carbocycles. The SMILES string of the molecule is [AlH3].[AlH3].[AlH3].[AlH3].[AlH3].[AlH3].[AlH3].[AlH3].[Na].[Na].[Na]. The van der Waals surface area contributed by atoms with Gasteiger partial charge in [0.2, 0.25) is 0 Å². The largest absolute Gasteiger partial charge is 0.187 e. The molecule has 0 saturated heterocycles. The first-order valence-corrected chi connectivity index (χ1v) is 0. The van der Waals surface area contributed by atoms with Gasteiger partial charge in [0.15, 0.2) is 139 Å². The van der Waals surface area contributed by atoms with Gasteiger partial charge in [0, 0.05) is 88.7 Å². The summed E-state index contributed by atoms with van der Waals surface area (Å²) < 4.78 is 0. The van der Waals surface area contributed by atoms with E-state index in [0.29, 0.717) is 0 Å². The van der Waals surface area contributed by atoms with Crippen LogP contribution in [0.25, 0.3) is 0 Å². The first-order valence-electron chi connectivity index (χ1n) is 0. The van der Waals surface area contributed by atoms with Crippen LogP contribution in [0.3, 0.4) is 0 Å². The molecule has 0 spiro atoms. The molecule has 0 amide bonds. The van der Waals surface area contributed by atoms with E-state index in [2.05, 4.69) is 0 Å². The van der Waals surface area contributed by atoms with Crippen LogP contribution >= 0.6 is 0 Å². The van der Waals surface area contributed by atoms with E-state index in [1.807, 2.05) is 0 Å². The summed E-state index contributed by atoms with van der Waals surface area (Å²) in [5.41, 5.74) is 0. The molecule has 0 aromatic rings. The molecular formula is H24Al8Na3. The molecule has 0 aromatic heterocycles. The van der Waals surface area contributed by atoms with Crippen LogP contribution in [-0.2, 0) is 0 Å². The quantitative estimate of drug-likeness (QED) is 0.390. The molecule has 0 aromatic carbocycles. The Morgan fingerprint density at radius 3 is 0.182 bits per heavy atom. The van der Waals surface area contributed by atoms with Crippen molar-refractivity contribution in [1.82, 2.24) is 0 Å². The summed E-state index contributed by atoms with van der Waals surface area (Å²) in [7, 11) is 0. The van der Waals surface area contributed by atoms with Crippen LogP contribution in [0, 0.1) is 0 Å². The van der Waals surface area contributed by atoms with Gasteiger partial charge in [-0.2, -0.15) is 0 Å². The molecule has 0 unspecified atom stereocenters. The Morgan fingerprint density at radius 1 is 0.182 bits per heavy atom. The summed E-state index contributed by atoms with van der Waals surface area (Å²) in [5.74, 6) is 0. The minimum Gasteiger partial charge on any atom is 0 e. The van der Waals surface area contributed by atoms with Gasteiger partial charge in [-0.3, -0.25) is 0 Å². The van der Waals surface area contributed by atoms with Crippen LogP contribution < -0.4 is 0 Å². The van der Waals surface area contributed by atoms with E-state index in [1.165, 1.54) is 0 Å². The predicted octanol–water partition coefficient (Wildman–Crippen LogP) is -10.6. The molecule has 3 radical (unpaired) electrons. The van der Waals surface area contributed by atoms with E-state index in [0.717, 1.165) is 0 Å². The van der Waals surface area contributed by atoms with Gasteiger partial charge in [-0.15, -0.1) is 0 Å². The van der Waals surface area contributed by atoms with Gasteiger partial charge in [0.1, 0.15) is 0 Å². The van der Waals surface area contributed by atoms with E-state index in [-0.39, 0.29) is 228 Å². The molecule has 51 valence electrons. The zero-order valence-corrected chi connectivity index (χ0v) is 9.00. The molecule has 0 aliphatic rings. The fourth-order valence-electron chi connectivity index (χ4n) is 0. The second-order valence-electron chi connectivity index (χ2n) is 0. The van der Waals surface area contributed by atoms with Crippen LogP contribution in [0.15, 0.2) is 0 Å². The van der Waals surface area contributed by atoms with Gasteiger partial charge in [0.05, 0.1) is 0 Å². The average molecular weight is 309 g/mol. The Kier molecular flexibility index (Phi) is 812. The van der Waals surface area contributed by atoms with Crippen molar-refractivity contribution < 1.29 is 0 Å². The molecule has 0 fully saturated rings. The Labute approximate surface area is 222 Å². The summed E-state index contributed by atoms with van der Waals surface area (Å²) in [6.07, 6.45) is 0. The normalized spacial score (nSPS) is 0. The Morgan fingerprint density at radius 2 is 0.182 bits per heavy atom. The summed E-state index contributed by atoms with van der Waals surface area (Å²) in [5, 5.41) is 0. The van der Waals surface area contributed by atoms with Gasteiger partial charge in [0.25, 0.3) is 0 Å². The van der Waals surface area contributed by atoms with Crippen molar-refractivity contribution in [2.75, 3.05) is 0 Å². The summed E-state index contributed by atoms with van der Waals surface area (Å²) >= 11 is 0. The monoisotopic (exact) mass is 309 g/mol. The third-order valence-electron chi connectivity index (χ3n) is 0. The second-order valence-corrected chi connectivity index (χ2v) is 0. The van der Waals surface area contributed by atoms with Gasteiger partial charge in [-0.05, 0) is 0 Å². The Bertz CT molecular complexity index is 9.30. The van der Waals surface area contributed by atoms with Crippen molar-refractivity contribution in [3.05, 3.63) is 0 Å². The molecule has 11 heavy (non-hydrogen) atoms. The van der Waals surface area contributed by atoms with E-state index in [9.17, 15) is 0 Å². The van der Waals surface area contributed by atoms with Crippen molar-refractivity contribution in [3.8, 4) is 0 Å². The Balaban J connectivity index is 0. The molecule has 0 aliphatic heterocycles. The van der Waals surface area contributed by atoms with Gasteiger partial charge >= 0.3 is 0 Å². The molecule has 0 saturated carbocycles. The summed E-state index contributed by atoms with van der Waals surface area (Å²) in [6, 6.07) is 0. The Hall–Kier alpha value is 7.26. The van der Waals surface area contributed by atoms with Crippen LogP contribution in [0.1, 0.15) is 0 Å². The maximum atomic E-state index is 0. The predicted molar refractivity (Wildman–Crippen MR) is 96.8 cm³/mol. The minimum absolute atomic E-state index is 0. The van der Waals surface area contributed by atoms with E-state index < -0.39 is 0 Å². The number of hydrogen-bond donors (Lipinski definition) is 0. The molecule has 0 bridgehead atoms. The molecule has 0 rings (SSSR count). The van der Waals surface area contributed by atoms with E-state index in [1.54, 1.807) is 0 Å². The third kappa shape index (κ3) is 76.3. The second kappa shape index (κ2) is 86.6. The standard InChI is InChI=1S/8Al.3Na.24H. The van der Waals surface area contributed by atoms with Crippen LogP contribution in [0.4, 0.5) is 0 Å². The fraction of sp³-hybridized carbons (Fsp3) is 0. The van der Waals surface area contributed by atoms with E-state index in [4.69, 9.17) is 0 Å². The third-order valence-corrected chi connectivity index (χ3v) is 0. The van der Waals surface area contributed by atoms with Crippen molar-refractivity contribution in [1.29, 1.82) is 0 Å². The molecular weight excluding hydrogens is 285 g/mol. The van der Waals surface area contributed by atoms with Gasteiger partial charge in [-0.1, -0.05) is 0 Å². The van der Waals surface area contributed by atoms with Crippen LogP contribution in [0.5, 0.6) is 0 Å². The smallest absolute Gasteiger partial charge is 0 e. The average Bonchev–Trinajstić information content (AvgIpc) is 0. The minimum atomic E-state index is 0. The van der Waals surface area contributed by atoms with Crippen molar-refractivity contribution in [3.63, 3.8) is 0 Å². The molecule has 0 atom stereocenters. The van der Waals surface area contributed by atoms with Crippen molar-refractivity contribution in [2.24, 2.45) is 0 Å². The van der Waals surface area contributed by atoms with Crippen molar-refractivity contribution in [2.45, 2.75) is 0 Å². The zero-order valence-electron chi connectivity index (χ0n) is 3.00. The molecule has 0 heterocycles. The topological polar surface area (TPSA) is 0 Å². The van der Waals surface area contributed by atoms with Crippen LogP contribution in [-0.4, -0.2) is 228 Å². The molecule has 0 N–H and O–H groups in total. The first kappa shape index (κ1) is 103.